The van der Waals surface area contributed by atoms with Crippen LogP contribution in [-0.2, 0) is 27.2 Å². The summed E-state index contributed by atoms with van der Waals surface area (Å²) in [5.41, 5.74) is 0.339. The number of hydrogen-bond acceptors (Lipinski definition) is 5. The molecule has 2 rings (SSSR count). The van der Waals surface area contributed by atoms with Crippen molar-refractivity contribution in [1.29, 1.82) is 0 Å². The van der Waals surface area contributed by atoms with E-state index in [1.54, 1.807) is 13.8 Å². The number of anilines is 1. The molecule has 1 atom stereocenters. The summed E-state index contributed by atoms with van der Waals surface area (Å²) in [6, 6.07) is 0. The number of fused-ring (bicyclic) bond motifs is 1. The number of aryl methyl sites for hydroxylation is 1. The lowest BCUT2D eigenvalue weighted by Gasteiger charge is -2.19. The second-order valence-electron chi connectivity index (χ2n) is 6.05. The zero-order chi connectivity index (χ0) is 16.3. The Balaban J connectivity index is 2.05. The molecule has 5 nitrogen and oxygen atoms in total. The van der Waals surface area contributed by atoms with E-state index in [1.807, 2.05) is 6.92 Å². The minimum atomic E-state index is -0.638. The fourth-order valence-corrected chi connectivity index (χ4v) is 3.42. The molecule has 1 aliphatic rings. The van der Waals surface area contributed by atoms with E-state index in [4.69, 9.17) is 16.3 Å². The number of rotatable bonds is 5. The summed E-state index contributed by atoms with van der Waals surface area (Å²) < 4.78 is 5.09. The van der Waals surface area contributed by atoms with Gasteiger partial charge < -0.3 is 10.1 Å². The first kappa shape index (κ1) is 17.2. The fourth-order valence-electron chi connectivity index (χ4n) is 2.22. The van der Waals surface area contributed by atoms with Gasteiger partial charge in [0.2, 0.25) is 5.91 Å². The van der Waals surface area contributed by atoms with Crippen molar-refractivity contribution >= 4 is 39.9 Å². The number of amides is 1. The molecule has 1 amide bonds. The van der Waals surface area contributed by atoms with Crippen LogP contribution in [0.15, 0.2) is 0 Å². The lowest BCUT2D eigenvalue weighted by atomic mass is 9.91. The highest BCUT2D eigenvalue weighted by Gasteiger charge is 2.30. The molecule has 1 N–H and O–H groups in total. The van der Waals surface area contributed by atoms with E-state index in [9.17, 15) is 9.59 Å². The molecule has 0 radical (unpaired) electrons. The van der Waals surface area contributed by atoms with Gasteiger partial charge in [0.1, 0.15) is 0 Å². The van der Waals surface area contributed by atoms with Gasteiger partial charge in [-0.1, -0.05) is 0 Å². The van der Waals surface area contributed by atoms with Gasteiger partial charge in [-0.05, 0) is 40.0 Å². The van der Waals surface area contributed by atoms with Crippen LogP contribution in [0.2, 0.25) is 0 Å². The van der Waals surface area contributed by atoms with Gasteiger partial charge >= 0.3 is 5.97 Å². The van der Waals surface area contributed by atoms with Crippen LogP contribution in [0.4, 0.5) is 5.13 Å². The minimum Gasteiger partial charge on any atom is -0.466 e. The number of halogens is 1. The molecular formula is C15H21ClN2O3S. The molecule has 1 unspecified atom stereocenters. The molecule has 0 aromatic carbocycles. The Hall–Kier alpha value is -1.14. The van der Waals surface area contributed by atoms with Crippen LogP contribution in [0, 0.1) is 11.3 Å². The molecule has 0 aliphatic heterocycles. The lowest BCUT2D eigenvalue weighted by molar-refractivity contribution is -0.148. The maximum Gasteiger partial charge on any atom is 0.309 e. The Bertz CT molecular complexity index is 571. The van der Waals surface area contributed by atoms with Crippen LogP contribution < -0.4 is 5.32 Å². The first-order chi connectivity index (χ1) is 10.4. The highest BCUT2D eigenvalue weighted by molar-refractivity contribution is 7.15. The van der Waals surface area contributed by atoms with E-state index in [0.29, 0.717) is 18.2 Å². The van der Waals surface area contributed by atoms with Crippen molar-refractivity contribution in [1.82, 2.24) is 4.98 Å². The van der Waals surface area contributed by atoms with Crippen LogP contribution >= 0.6 is 22.9 Å². The Morgan fingerprint density at radius 3 is 2.86 bits per heavy atom. The predicted molar refractivity (Wildman–Crippen MR) is 87.4 cm³/mol. The van der Waals surface area contributed by atoms with Gasteiger partial charge in [0.25, 0.3) is 0 Å². The van der Waals surface area contributed by atoms with Crippen LogP contribution in [0.3, 0.4) is 0 Å². The van der Waals surface area contributed by atoms with Gasteiger partial charge in [0, 0.05) is 10.8 Å². The average Bonchev–Trinajstić information content (AvgIpc) is 2.88. The van der Waals surface area contributed by atoms with E-state index in [-0.39, 0.29) is 23.7 Å². The summed E-state index contributed by atoms with van der Waals surface area (Å²) >= 11 is 7.25. The number of esters is 1. The topological polar surface area (TPSA) is 68.3 Å². The second-order valence-corrected chi connectivity index (χ2v) is 7.40. The summed E-state index contributed by atoms with van der Waals surface area (Å²) in [7, 11) is 0. The molecule has 0 saturated carbocycles. The Morgan fingerprint density at radius 2 is 2.23 bits per heavy atom. The van der Waals surface area contributed by atoms with Gasteiger partial charge in [-0.25, -0.2) is 4.98 Å². The van der Waals surface area contributed by atoms with Crippen molar-refractivity contribution in [2.24, 2.45) is 11.3 Å². The van der Waals surface area contributed by atoms with Crippen LogP contribution in [0.25, 0.3) is 0 Å². The summed E-state index contributed by atoms with van der Waals surface area (Å²) in [6.45, 7) is 5.80. The summed E-state index contributed by atoms with van der Waals surface area (Å²) in [5.74, 6) is -0.142. The highest BCUT2D eigenvalue weighted by atomic mass is 35.5. The van der Waals surface area contributed by atoms with Crippen LogP contribution in [0.5, 0.6) is 0 Å². The van der Waals surface area contributed by atoms with Crippen molar-refractivity contribution in [2.75, 3.05) is 17.8 Å². The smallest absolute Gasteiger partial charge is 0.309 e. The van der Waals surface area contributed by atoms with Gasteiger partial charge in [-0.15, -0.1) is 22.9 Å². The molecule has 1 aromatic rings. The number of carbonyl (C=O) groups excluding carboxylic acids is 2. The maximum absolute atomic E-state index is 12.1. The van der Waals surface area contributed by atoms with Crippen molar-refractivity contribution in [2.45, 2.75) is 40.0 Å². The quantitative estimate of drug-likeness (QED) is 0.658. The number of nitrogens with zero attached hydrogens (tertiary/aromatic N) is 1. The molecule has 1 aliphatic carbocycles. The van der Waals surface area contributed by atoms with Crippen molar-refractivity contribution < 1.29 is 14.3 Å². The third-order valence-electron chi connectivity index (χ3n) is 3.73. The second kappa shape index (κ2) is 6.96. The molecule has 0 bridgehead atoms. The molecule has 1 heterocycles. The number of ether oxygens (including phenoxy) is 1. The van der Waals surface area contributed by atoms with Gasteiger partial charge in [0.05, 0.1) is 23.6 Å². The molecule has 22 heavy (non-hydrogen) atoms. The zero-order valence-electron chi connectivity index (χ0n) is 13.1. The minimum absolute atomic E-state index is 0.101. The number of alkyl halides is 1. The Morgan fingerprint density at radius 1 is 1.50 bits per heavy atom. The Labute approximate surface area is 139 Å². The third kappa shape index (κ3) is 3.79. The maximum atomic E-state index is 12.1. The summed E-state index contributed by atoms with van der Waals surface area (Å²) in [5, 5.41) is 3.41. The SMILES string of the molecule is CCOC(=O)C1CCc2nc(NC(=O)C(C)(C)CCl)sc2C1. The molecule has 0 saturated heterocycles. The highest BCUT2D eigenvalue weighted by Crippen LogP contribution is 2.33. The number of nitrogens with one attached hydrogen (secondary N) is 1. The third-order valence-corrected chi connectivity index (χ3v) is 5.43. The van der Waals surface area contributed by atoms with Crippen molar-refractivity contribution in [3.63, 3.8) is 0 Å². The monoisotopic (exact) mass is 344 g/mol. The zero-order valence-corrected chi connectivity index (χ0v) is 14.6. The molecule has 122 valence electrons. The normalized spacial score (nSPS) is 17.7. The largest absolute Gasteiger partial charge is 0.466 e. The molecule has 0 spiro atoms. The van der Waals surface area contributed by atoms with Crippen LogP contribution in [0.1, 0.15) is 37.8 Å². The lowest BCUT2D eigenvalue weighted by Crippen LogP contribution is -2.32. The molecular weight excluding hydrogens is 324 g/mol. The van der Waals surface area contributed by atoms with Crippen LogP contribution in [-0.4, -0.2) is 29.3 Å². The molecule has 0 fully saturated rings. The van der Waals surface area contributed by atoms with E-state index >= 15 is 0 Å². The number of carbonyl (C=O) groups is 2. The Kier molecular flexibility index (Phi) is 5.45. The number of hydrogen-bond donors (Lipinski definition) is 1. The average molecular weight is 345 g/mol. The summed E-state index contributed by atoms with van der Waals surface area (Å²) in [6.07, 6.45) is 2.13. The number of aromatic nitrogens is 1. The fraction of sp³-hybridized carbons (Fsp3) is 0.667. The van der Waals surface area contributed by atoms with E-state index in [0.717, 1.165) is 23.4 Å². The van der Waals surface area contributed by atoms with E-state index in [2.05, 4.69) is 10.3 Å². The van der Waals surface area contributed by atoms with E-state index < -0.39 is 5.41 Å². The summed E-state index contributed by atoms with van der Waals surface area (Å²) in [4.78, 5) is 29.5. The van der Waals surface area contributed by atoms with E-state index in [1.165, 1.54) is 11.3 Å². The van der Waals surface area contributed by atoms with Gasteiger partial charge in [0.15, 0.2) is 5.13 Å². The first-order valence-electron chi connectivity index (χ1n) is 7.40. The van der Waals surface area contributed by atoms with Gasteiger partial charge in [-0.2, -0.15) is 0 Å². The molecule has 7 heteroatoms. The van der Waals surface area contributed by atoms with Crippen molar-refractivity contribution in [3.05, 3.63) is 10.6 Å². The molecule has 1 aromatic heterocycles. The standard InChI is InChI=1S/C15H21ClN2O3S/c1-4-21-12(19)9-5-6-10-11(7-9)22-14(17-10)18-13(20)15(2,3)8-16/h9H,4-8H2,1-3H3,(H,17,18,20). The number of thiazole rings is 1. The van der Waals surface area contributed by atoms with Crippen molar-refractivity contribution in [3.8, 4) is 0 Å². The predicted octanol–water partition coefficient (Wildman–Crippen LogP) is 3.01. The first-order valence-corrected chi connectivity index (χ1v) is 8.75. The van der Waals surface area contributed by atoms with Gasteiger partial charge in [-0.3, -0.25) is 9.59 Å².